The largest absolute Gasteiger partial charge is 0.334 e. The lowest BCUT2D eigenvalue weighted by Crippen LogP contribution is -2.24. The highest BCUT2D eigenvalue weighted by atomic mass is 32.2. The Labute approximate surface area is 73.6 Å². The zero-order valence-corrected chi connectivity index (χ0v) is 7.66. The molecule has 0 aliphatic heterocycles. The molecule has 0 aliphatic rings. The number of aromatic nitrogens is 3. The van der Waals surface area contributed by atoms with Crippen LogP contribution in [0.1, 0.15) is 0 Å². The fraction of sp³-hybridized carbons (Fsp3) is 0. The van der Waals surface area contributed by atoms with Crippen LogP contribution in [0.15, 0.2) is 11.2 Å². The Morgan fingerprint density at radius 2 is 1.77 bits per heavy atom. The molecule has 0 unspecified atom stereocenters. The van der Waals surface area contributed by atoms with Gasteiger partial charge in [0.25, 0.3) is 10.0 Å². The molecule has 11 heteroatoms. The Morgan fingerprint density at radius 1 is 1.23 bits per heavy atom. The molecule has 0 bridgehead atoms. The van der Waals surface area contributed by atoms with Gasteiger partial charge in [-0.2, -0.15) is 8.42 Å². The van der Waals surface area contributed by atoms with Crippen LogP contribution in [-0.4, -0.2) is 31.2 Å². The maximum absolute atomic E-state index is 10.6. The van der Waals surface area contributed by atoms with Crippen molar-refractivity contribution in [2.75, 3.05) is 0 Å². The fourth-order valence-electron chi connectivity index (χ4n) is 0.488. The van der Waals surface area contributed by atoms with Crippen molar-refractivity contribution in [2.24, 2.45) is 10.3 Å². The predicted octanol–water partition coefficient (Wildman–Crippen LogP) is -3.02. The van der Waals surface area contributed by atoms with Gasteiger partial charge in [-0.3, -0.25) is 0 Å². The number of sulfonamides is 1. The molecule has 0 amide bonds. The SMILES string of the molecule is NS(=O)(=O)c1cnn(S(N)(=O)=O)n1. The topological polar surface area (TPSA) is 151 Å². The molecule has 0 aromatic carbocycles. The van der Waals surface area contributed by atoms with Crippen molar-refractivity contribution in [3.8, 4) is 0 Å². The van der Waals surface area contributed by atoms with Gasteiger partial charge in [0.1, 0.15) is 0 Å². The van der Waals surface area contributed by atoms with Crippen molar-refractivity contribution in [2.45, 2.75) is 5.03 Å². The van der Waals surface area contributed by atoms with Gasteiger partial charge in [-0.15, -0.1) is 10.2 Å². The van der Waals surface area contributed by atoms with Gasteiger partial charge in [-0.05, 0) is 0 Å². The van der Waals surface area contributed by atoms with Gasteiger partial charge in [0, 0.05) is 0 Å². The van der Waals surface area contributed by atoms with Crippen LogP contribution >= 0.6 is 0 Å². The summed E-state index contributed by atoms with van der Waals surface area (Å²) in [5, 5.41) is 14.7. The second kappa shape index (κ2) is 2.73. The molecule has 0 saturated heterocycles. The van der Waals surface area contributed by atoms with E-state index in [0.717, 1.165) is 0 Å². The molecule has 4 N–H and O–H groups in total. The smallest absolute Gasteiger partial charge is 0.223 e. The molecule has 1 aromatic rings. The van der Waals surface area contributed by atoms with Crippen LogP contribution in [0.5, 0.6) is 0 Å². The average Bonchev–Trinajstić information content (AvgIpc) is 2.28. The highest BCUT2D eigenvalue weighted by Crippen LogP contribution is 1.98. The molecule has 0 atom stereocenters. The second-order valence-corrected chi connectivity index (χ2v) is 4.86. The monoisotopic (exact) mass is 227 g/mol. The normalized spacial score (nSPS) is 13.1. The van der Waals surface area contributed by atoms with Crippen LogP contribution in [0.2, 0.25) is 0 Å². The zero-order valence-electron chi connectivity index (χ0n) is 6.02. The molecule has 74 valence electrons. The standard InChI is InChI=1S/C2H5N5O4S2/c3-12(8,9)2-1-5-7(6-2)13(4,10)11/h1H,(H2,3,8,9)(H2,4,10,11). The molecule has 0 aliphatic carbocycles. The Balaban J connectivity index is 3.32. The van der Waals surface area contributed by atoms with Gasteiger partial charge in [-0.1, -0.05) is 4.20 Å². The van der Waals surface area contributed by atoms with Crippen LogP contribution in [0.3, 0.4) is 0 Å². The highest BCUT2D eigenvalue weighted by molar-refractivity contribution is 7.89. The van der Waals surface area contributed by atoms with Crippen molar-refractivity contribution in [3.05, 3.63) is 6.20 Å². The van der Waals surface area contributed by atoms with E-state index in [4.69, 9.17) is 0 Å². The van der Waals surface area contributed by atoms with Crippen molar-refractivity contribution >= 4 is 20.2 Å². The van der Waals surface area contributed by atoms with Gasteiger partial charge in [-0.25, -0.2) is 18.7 Å². The Hall–Kier alpha value is -1.04. The molecule has 9 nitrogen and oxygen atoms in total. The summed E-state index contributed by atoms with van der Waals surface area (Å²) >= 11 is 0. The van der Waals surface area contributed by atoms with Crippen molar-refractivity contribution in [1.82, 2.24) is 14.4 Å². The minimum absolute atomic E-state index is 0.0622. The van der Waals surface area contributed by atoms with Gasteiger partial charge >= 0.3 is 10.2 Å². The summed E-state index contributed by atoms with van der Waals surface area (Å²) in [5.74, 6) is 0. The number of primary sulfonamides is 1. The number of nitrogens with two attached hydrogens (primary N) is 2. The van der Waals surface area contributed by atoms with Crippen molar-refractivity contribution in [3.63, 3.8) is 0 Å². The molecule has 1 rings (SSSR count). The van der Waals surface area contributed by atoms with Gasteiger partial charge < -0.3 is 0 Å². The maximum atomic E-state index is 10.6. The summed E-state index contributed by atoms with van der Waals surface area (Å²) in [5.41, 5.74) is 0. The highest BCUT2D eigenvalue weighted by Gasteiger charge is 2.16. The number of hydrogen-bond acceptors (Lipinski definition) is 6. The van der Waals surface area contributed by atoms with E-state index in [-0.39, 0.29) is 4.20 Å². The van der Waals surface area contributed by atoms with Crippen LogP contribution in [-0.2, 0) is 20.2 Å². The van der Waals surface area contributed by atoms with Crippen molar-refractivity contribution < 1.29 is 16.8 Å². The van der Waals surface area contributed by atoms with E-state index >= 15 is 0 Å². The third-order valence-electron chi connectivity index (χ3n) is 0.970. The molecule has 0 radical (unpaired) electrons. The summed E-state index contributed by atoms with van der Waals surface area (Å²) in [6, 6.07) is 0. The lowest BCUT2D eigenvalue weighted by molar-refractivity contribution is 0.567. The lowest BCUT2D eigenvalue weighted by Gasteiger charge is -1.91. The van der Waals surface area contributed by atoms with Crippen LogP contribution in [0.25, 0.3) is 0 Å². The number of nitrogens with zero attached hydrogens (tertiary/aromatic N) is 3. The fourth-order valence-corrected chi connectivity index (χ4v) is 1.30. The third kappa shape index (κ3) is 2.21. The summed E-state index contributed by atoms with van der Waals surface area (Å²) in [6.07, 6.45) is 0.680. The van der Waals surface area contributed by atoms with E-state index in [2.05, 4.69) is 20.5 Å². The molecule has 0 fully saturated rings. The first-order chi connectivity index (χ1) is 5.71. The molecule has 1 heterocycles. The van der Waals surface area contributed by atoms with E-state index in [1.54, 1.807) is 0 Å². The molecule has 0 spiro atoms. The quantitative estimate of drug-likeness (QED) is 0.548. The molecular formula is C2H5N5O4S2. The van der Waals surface area contributed by atoms with Crippen LogP contribution < -0.4 is 10.3 Å². The molecule has 0 saturated carbocycles. The predicted molar refractivity (Wildman–Crippen MR) is 39.9 cm³/mol. The first kappa shape index (κ1) is 10.0. The van der Waals surface area contributed by atoms with Crippen LogP contribution in [0, 0.1) is 0 Å². The van der Waals surface area contributed by atoms with E-state index in [0.29, 0.717) is 6.20 Å². The Bertz CT molecular complexity index is 464. The zero-order chi connectivity index (χ0) is 10.3. The number of rotatable bonds is 2. The summed E-state index contributed by atoms with van der Waals surface area (Å²) in [7, 11) is -8.22. The minimum Gasteiger partial charge on any atom is -0.223 e. The van der Waals surface area contributed by atoms with E-state index in [9.17, 15) is 16.8 Å². The van der Waals surface area contributed by atoms with E-state index in [1.165, 1.54) is 0 Å². The van der Waals surface area contributed by atoms with E-state index in [1.807, 2.05) is 0 Å². The van der Waals surface area contributed by atoms with Gasteiger partial charge in [0.05, 0.1) is 6.20 Å². The average molecular weight is 227 g/mol. The minimum atomic E-state index is -4.17. The third-order valence-corrected chi connectivity index (χ3v) is 2.37. The Morgan fingerprint density at radius 3 is 2.00 bits per heavy atom. The number of hydrogen-bond donors (Lipinski definition) is 2. The van der Waals surface area contributed by atoms with Crippen molar-refractivity contribution in [1.29, 1.82) is 0 Å². The molecule has 13 heavy (non-hydrogen) atoms. The molecule has 1 aromatic heterocycles. The maximum Gasteiger partial charge on any atom is 0.334 e. The second-order valence-electron chi connectivity index (χ2n) is 2.00. The Kier molecular flexibility index (Phi) is 2.11. The van der Waals surface area contributed by atoms with Crippen LogP contribution in [0.4, 0.5) is 0 Å². The summed E-state index contributed by atoms with van der Waals surface area (Å²) in [6.45, 7) is 0. The van der Waals surface area contributed by atoms with Gasteiger partial charge in [0.2, 0.25) is 5.03 Å². The van der Waals surface area contributed by atoms with Gasteiger partial charge in [0.15, 0.2) is 0 Å². The summed E-state index contributed by atoms with van der Waals surface area (Å²) < 4.78 is 42.4. The first-order valence-corrected chi connectivity index (χ1v) is 5.74. The summed E-state index contributed by atoms with van der Waals surface area (Å²) in [4.78, 5) is 0. The lowest BCUT2D eigenvalue weighted by atomic mass is 11.0. The molecular weight excluding hydrogens is 222 g/mol. The first-order valence-electron chi connectivity index (χ1n) is 2.70. The van der Waals surface area contributed by atoms with E-state index < -0.39 is 25.3 Å².